The normalized spacial score (nSPS) is 18.2. The Morgan fingerprint density at radius 3 is 2.78 bits per heavy atom. The van der Waals surface area contributed by atoms with Crippen LogP contribution in [0.5, 0.6) is 0 Å². The lowest BCUT2D eigenvalue weighted by molar-refractivity contribution is 0.0475. The molecule has 1 aliphatic heterocycles. The fraction of sp³-hybridized carbons (Fsp3) is 0.368. The second kappa shape index (κ2) is 7.03. The van der Waals surface area contributed by atoms with E-state index in [9.17, 15) is 9.18 Å². The number of fused-ring (bicyclic) bond motifs is 1. The largest absolute Gasteiger partial charge is 0.333 e. The van der Waals surface area contributed by atoms with Crippen LogP contribution in [0.4, 0.5) is 4.39 Å². The van der Waals surface area contributed by atoms with Crippen molar-refractivity contribution >= 4 is 17.1 Å². The van der Waals surface area contributed by atoms with Gasteiger partial charge in [-0.3, -0.25) is 9.69 Å². The highest BCUT2D eigenvalue weighted by Crippen LogP contribution is 2.18. The minimum atomic E-state index is -0.226. The summed E-state index contributed by atoms with van der Waals surface area (Å²) >= 11 is 0. The van der Waals surface area contributed by atoms with E-state index < -0.39 is 0 Å². The summed E-state index contributed by atoms with van der Waals surface area (Å²) in [7, 11) is 1.77. The van der Waals surface area contributed by atoms with E-state index in [0.29, 0.717) is 23.3 Å². The number of benzene rings is 1. The molecule has 0 unspecified atom stereocenters. The molecular weight excluding hydrogens is 347 g/mol. The van der Waals surface area contributed by atoms with Gasteiger partial charge in [0.05, 0.1) is 5.56 Å². The molecule has 7 nitrogen and oxygen atoms in total. The van der Waals surface area contributed by atoms with Gasteiger partial charge in [0.1, 0.15) is 11.3 Å². The Kier molecular flexibility index (Phi) is 4.57. The maximum Gasteiger partial charge on any atom is 0.255 e. The van der Waals surface area contributed by atoms with Gasteiger partial charge in [-0.2, -0.15) is 0 Å². The van der Waals surface area contributed by atoms with E-state index in [4.69, 9.17) is 0 Å². The lowest BCUT2D eigenvalue weighted by atomic mass is 10.1. The summed E-state index contributed by atoms with van der Waals surface area (Å²) in [5.41, 5.74) is 2.87. The number of amides is 1. The van der Waals surface area contributed by atoms with Gasteiger partial charge in [-0.15, -0.1) is 5.10 Å². The van der Waals surface area contributed by atoms with Gasteiger partial charge in [0.2, 0.25) is 0 Å². The molecule has 1 amide bonds. The molecule has 1 saturated heterocycles. The summed E-state index contributed by atoms with van der Waals surface area (Å²) in [6.45, 7) is 4.97. The number of carbonyl (C=O) groups excluding carboxylic acids is 1. The van der Waals surface area contributed by atoms with Crippen molar-refractivity contribution in [2.75, 3.05) is 19.6 Å². The molecule has 0 spiro atoms. The van der Waals surface area contributed by atoms with Crippen LogP contribution >= 0.6 is 0 Å². The molecule has 3 heterocycles. The molecule has 3 aromatic rings. The number of carbonyl (C=O) groups is 1. The first kappa shape index (κ1) is 17.5. The lowest BCUT2D eigenvalue weighted by Gasteiger charge is -2.40. The monoisotopic (exact) mass is 368 g/mol. The van der Waals surface area contributed by atoms with Crippen LogP contribution in [-0.4, -0.2) is 61.4 Å². The van der Waals surface area contributed by atoms with E-state index in [0.717, 1.165) is 25.2 Å². The third-order valence-corrected chi connectivity index (χ3v) is 4.98. The van der Waals surface area contributed by atoms with E-state index in [1.807, 2.05) is 11.8 Å². The number of aryl methyl sites for hydroxylation is 1. The van der Waals surface area contributed by atoms with Gasteiger partial charge in [-0.05, 0) is 30.7 Å². The molecule has 1 aliphatic rings. The van der Waals surface area contributed by atoms with Crippen LogP contribution in [0.15, 0.2) is 36.5 Å². The number of halogens is 1. The molecular formula is C19H21FN6O. The van der Waals surface area contributed by atoms with E-state index in [-0.39, 0.29) is 17.8 Å². The average molecular weight is 368 g/mol. The quantitative estimate of drug-likeness (QED) is 0.706. The van der Waals surface area contributed by atoms with Crippen LogP contribution in [0.3, 0.4) is 0 Å². The van der Waals surface area contributed by atoms with Crippen molar-refractivity contribution in [1.29, 1.82) is 0 Å². The summed E-state index contributed by atoms with van der Waals surface area (Å²) in [4.78, 5) is 21.4. The molecule has 0 bridgehead atoms. The predicted octanol–water partition coefficient (Wildman–Crippen LogP) is 1.85. The fourth-order valence-corrected chi connectivity index (χ4v) is 3.54. The molecule has 0 saturated carbocycles. The van der Waals surface area contributed by atoms with Crippen LogP contribution in [0.1, 0.15) is 22.8 Å². The standard InChI is InChI=1S/C19H21FN6O/c1-13-11-25(12-14-3-5-16(20)6-4-14)7-8-26(13)19(27)15-9-17-18(21-10-15)24(2)23-22-17/h3-6,9-10,13H,7-8,11-12H2,1-2H3/t13-/m0/s1. The van der Waals surface area contributed by atoms with Crippen molar-refractivity contribution < 1.29 is 9.18 Å². The van der Waals surface area contributed by atoms with Gasteiger partial charge < -0.3 is 4.90 Å². The van der Waals surface area contributed by atoms with Crippen LogP contribution in [0, 0.1) is 5.82 Å². The van der Waals surface area contributed by atoms with Gasteiger partial charge in [-0.25, -0.2) is 14.1 Å². The van der Waals surface area contributed by atoms with Gasteiger partial charge in [0, 0.05) is 45.5 Å². The maximum atomic E-state index is 13.1. The van der Waals surface area contributed by atoms with Crippen LogP contribution < -0.4 is 0 Å². The summed E-state index contributed by atoms with van der Waals surface area (Å²) in [6, 6.07) is 8.39. The Morgan fingerprint density at radius 2 is 2.04 bits per heavy atom. The minimum Gasteiger partial charge on any atom is -0.333 e. The highest BCUT2D eigenvalue weighted by Gasteiger charge is 2.28. The zero-order valence-electron chi connectivity index (χ0n) is 15.3. The third kappa shape index (κ3) is 3.52. The lowest BCUT2D eigenvalue weighted by Crippen LogP contribution is -2.53. The van der Waals surface area contributed by atoms with Crippen LogP contribution in [-0.2, 0) is 13.6 Å². The molecule has 27 heavy (non-hydrogen) atoms. The summed E-state index contributed by atoms with van der Waals surface area (Å²) in [5, 5.41) is 7.96. The molecule has 1 fully saturated rings. The molecule has 2 aromatic heterocycles. The molecule has 0 radical (unpaired) electrons. The van der Waals surface area contributed by atoms with Crippen molar-refractivity contribution in [2.45, 2.75) is 19.5 Å². The molecule has 0 N–H and O–H groups in total. The molecule has 140 valence electrons. The third-order valence-electron chi connectivity index (χ3n) is 4.98. The van der Waals surface area contributed by atoms with Crippen LogP contribution in [0.2, 0.25) is 0 Å². The second-order valence-corrected chi connectivity index (χ2v) is 6.99. The number of hydrogen-bond donors (Lipinski definition) is 0. The zero-order valence-corrected chi connectivity index (χ0v) is 15.3. The van der Waals surface area contributed by atoms with E-state index in [1.54, 1.807) is 36.1 Å². The number of aromatic nitrogens is 4. The smallest absolute Gasteiger partial charge is 0.255 e. The average Bonchev–Trinajstić information content (AvgIpc) is 3.04. The fourth-order valence-electron chi connectivity index (χ4n) is 3.54. The predicted molar refractivity (Wildman–Crippen MR) is 98.5 cm³/mol. The Balaban J connectivity index is 1.43. The topological polar surface area (TPSA) is 67.2 Å². The molecule has 4 rings (SSSR count). The van der Waals surface area contributed by atoms with Crippen molar-refractivity contribution in [3.05, 3.63) is 53.5 Å². The molecule has 0 aliphatic carbocycles. The van der Waals surface area contributed by atoms with Gasteiger partial charge >= 0.3 is 0 Å². The summed E-state index contributed by atoms with van der Waals surface area (Å²) in [5.74, 6) is -0.264. The van der Waals surface area contributed by atoms with E-state index >= 15 is 0 Å². The summed E-state index contributed by atoms with van der Waals surface area (Å²) in [6.07, 6.45) is 1.59. The van der Waals surface area contributed by atoms with Crippen molar-refractivity contribution in [3.8, 4) is 0 Å². The number of rotatable bonds is 3. The second-order valence-electron chi connectivity index (χ2n) is 6.99. The van der Waals surface area contributed by atoms with Gasteiger partial charge in [0.15, 0.2) is 5.65 Å². The number of hydrogen-bond acceptors (Lipinski definition) is 5. The highest BCUT2D eigenvalue weighted by atomic mass is 19.1. The Morgan fingerprint density at radius 1 is 1.26 bits per heavy atom. The van der Waals surface area contributed by atoms with Gasteiger partial charge in [0.25, 0.3) is 5.91 Å². The van der Waals surface area contributed by atoms with E-state index in [2.05, 4.69) is 20.2 Å². The van der Waals surface area contributed by atoms with E-state index in [1.165, 1.54) is 12.1 Å². The molecule has 8 heteroatoms. The first-order valence-corrected chi connectivity index (χ1v) is 8.94. The van der Waals surface area contributed by atoms with Crippen molar-refractivity contribution in [3.63, 3.8) is 0 Å². The zero-order chi connectivity index (χ0) is 19.0. The maximum absolute atomic E-state index is 13.1. The van der Waals surface area contributed by atoms with Gasteiger partial charge in [-0.1, -0.05) is 17.3 Å². The van der Waals surface area contributed by atoms with Crippen molar-refractivity contribution in [2.24, 2.45) is 7.05 Å². The SMILES string of the molecule is C[C@H]1CN(Cc2ccc(F)cc2)CCN1C(=O)c1cnc2c(c1)nnn2C. The number of piperazine rings is 1. The highest BCUT2D eigenvalue weighted by molar-refractivity contribution is 5.96. The minimum absolute atomic E-state index is 0.0380. The van der Waals surface area contributed by atoms with Crippen molar-refractivity contribution in [1.82, 2.24) is 29.8 Å². The Hall–Kier alpha value is -2.87. The number of nitrogens with zero attached hydrogens (tertiary/aromatic N) is 6. The molecule has 1 aromatic carbocycles. The Labute approximate surface area is 156 Å². The Bertz CT molecular complexity index is 970. The summed E-state index contributed by atoms with van der Waals surface area (Å²) < 4.78 is 14.6. The number of pyridine rings is 1. The first-order valence-electron chi connectivity index (χ1n) is 8.94. The van der Waals surface area contributed by atoms with Crippen LogP contribution in [0.25, 0.3) is 11.2 Å². The molecule has 1 atom stereocenters. The first-order chi connectivity index (χ1) is 13.0.